The Morgan fingerprint density at radius 1 is 0.947 bits per heavy atom. The summed E-state index contributed by atoms with van der Waals surface area (Å²) in [6.45, 7) is 4.44. The van der Waals surface area contributed by atoms with Gasteiger partial charge in [-0.2, -0.15) is 0 Å². The van der Waals surface area contributed by atoms with E-state index in [4.69, 9.17) is 9.47 Å². The molecule has 2 aliphatic carbocycles. The maximum atomic E-state index is 13.8. The molecule has 7 nitrogen and oxygen atoms in total. The van der Waals surface area contributed by atoms with Crippen molar-refractivity contribution in [2.24, 2.45) is 5.92 Å². The smallest absolute Gasteiger partial charge is 0.231 e. The Morgan fingerprint density at radius 2 is 1.76 bits per heavy atom. The number of para-hydroxylation sites is 1. The van der Waals surface area contributed by atoms with E-state index in [0.29, 0.717) is 0 Å². The van der Waals surface area contributed by atoms with Crippen LogP contribution in [0.2, 0.25) is 0 Å². The molecule has 1 N–H and O–H groups in total. The number of fused-ring (bicyclic) bond motifs is 1. The summed E-state index contributed by atoms with van der Waals surface area (Å²) in [6.07, 6.45) is 16.6. The largest absolute Gasteiger partial charge is 0.456 e. The van der Waals surface area contributed by atoms with Crippen LogP contribution < -0.4 is 4.90 Å². The average molecular weight is 518 g/mol. The predicted octanol–water partition coefficient (Wildman–Crippen LogP) is 4.47. The van der Waals surface area contributed by atoms with Gasteiger partial charge < -0.3 is 24.4 Å². The van der Waals surface area contributed by atoms with Gasteiger partial charge in [0.05, 0.1) is 6.10 Å². The van der Waals surface area contributed by atoms with Crippen molar-refractivity contribution in [2.75, 3.05) is 37.6 Å². The number of aliphatic hydroxyl groups is 1. The highest BCUT2D eigenvalue weighted by atomic mass is 16.6. The molecule has 0 radical (unpaired) electrons. The van der Waals surface area contributed by atoms with Crippen LogP contribution in [0.1, 0.15) is 50.5 Å². The number of carbonyl (C=O) groups is 1. The van der Waals surface area contributed by atoms with Gasteiger partial charge in [-0.25, -0.2) is 0 Å². The molecule has 6 rings (SSSR count). The zero-order chi connectivity index (χ0) is 25.9. The third-order valence-electron chi connectivity index (χ3n) is 8.70. The number of allylic oxidation sites excluding steroid dienone is 4. The SMILES string of the molecule is O=C(C1CCC(O)CC1)N1c2ccccc2CCC1CN1CCN(C2=COC(C3=CC=CCC3)=CO2)CC1. The van der Waals surface area contributed by atoms with Crippen LogP contribution in [0.4, 0.5) is 5.69 Å². The number of nitrogens with zero attached hydrogens (tertiary/aromatic N) is 3. The molecule has 3 aliphatic heterocycles. The summed E-state index contributed by atoms with van der Waals surface area (Å²) >= 11 is 0. The number of piperazine rings is 1. The highest BCUT2D eigenvalue weighted by Gasteiger charge is 2.37. The molecule has 1 aromatic carbocycles. The Kier molecular flexibility index (Phi) is 7.56. The van der Waals surface area contributed by atoms with Crippen molar-refractivity contribution in [1.82, 2.24) is 9.80 Å². The highest BCUT2D eigenvalue weighted by molar-refractivity contribution is 5.97. The minimum absolute atomic E-state index is 0.0117. The first-order chi connectivity index (χ1) is 18.7. The molecule has 0 aromatic heterocycles. The molecule has 202 valence electrons. The summed E-state index contributed by atoms with van der Waals surface area (Å²) < 4.78 is 11.9. The van der Waals surface area contributed by atoms with E-state index < -0.39 is 0 Å². The van der Waals surface area contributed by atoms with Crippen molar-refractivity contribution in [1.29, 1.82) is 0 Å². The highest BCUT2D eigenvalue weighted by Crippen LogP contribution is 2.35. The van der Waals surface area contributed by atoms with Gasteiger partial charge in [-0.05, 0) is 68.6 Å². The summed E-state index contributed by atoms with van der Waals surface area (Å²) in [6, 6.07) is 8.57. The zero-order valence-corrected chi connectivity index (χ0v) is 22.1. The van der Waals surface area contributed by atoms with Crippen LogP contribution in [0.5, 0.6) is 0 Å². The van der Waals surface area contributed by atoms with Gasteiger partial charge in [0.15, 0.2) is 12.0 Å². The van der Waals surface area contributed by atoms with Gasteiger partial charge in [-0.3, -0.25) is 9.69 Å². The second-order valence-electron chi connectivity index (χ2n) is 11.2. The second kappa shape index (κ2) is 11.4. The Hall–Kier alpha value is -3.03. The summed E-state index contributed by atoms with van der Waals surface area (Å²) in [4.78, 5) is 20.7. The first-order valence-electron chi connectivity index (χ1n) is 14.3. The second-order valence-corrected chi connectivity index (χ2v) is 11.2. The maximum absolute atomic E-state index is 13.8. The number of anilines is 1. The normalized spacial score (nSPS) is 27.9. The first-order valence-corrected chi connectivity index (χ1v) is 14.3. The van der Waals surface area contributed by atoms with E-state index in [0.717, 1.165) is 101 Å². The number of amides is 1. The van der Waals surface area contributed by atoms with Crippen LogP contribution in [0, 0.1) is 5.92 Å². The van der Waals surface area contributed by atoms with E-state index in [-0.39, 0.29) is 24.0 Å². The van der Waals surface area contributed by atoms with E-state index in [2.05, 4.69) is 51.1 Å². The fourth-order valence-electron chi connectivity index (χ4n) is 6.44. The molecule has 1 unspecified atom stereocenters. The Bertz CT molecular complexity index is 1140. The zero-order valence-electron chi connectivity index (χ0n) is 22.1. The van der Waals surface area contributed by atoms with Crippen LogP contribution in [-0.2, 0) is 20.7 Å². The van der Waals surface area contributed by atoms with Crippen molar-refractivity contribution in [3.63, 3.8) is 0 Å². The molecule has 1 aromatic rings. The monoisotopic (exact) mass is 517 g/mol. The molecule has 1 amide bonds. The minimum Gasteiger partial charge on any atom is -0.456 e. The third-order valence-corrected chi connectivity index (χ3v) is 8.70. The third kappa shape index (κ3) is 5.40. The van der Waals surface area contributed by atoms with Crippen molar-refractivity contribution >= 4 is 11.6 Å². The fourth-order valence-corrected chi connectivity index (χ4v) is 6.44. The lowest BCUT2D eigenvalue weighted by Crippen LogP contribution is -2.55. The van der Waals surface area contributed by atoms with E-state index in [1.165, 1.54) is 11.1 Å². The average Bonchev–Trinajstić information content (AvgIpc) is 2.98. The van der Waals surface area contributed by atoms with Gasteiger partial charge in [-0.15, -0.1) is 0 Å². The number of aryl methyl sites for hydroxylation is 1. The van der Waals surface area contributed by atoms with Gasteiger partial charge in [0.2, 0.25) is 11.8 Å². The van der Waals surface area contributed by atoms with Crippen LogP contribution in [0.15, 0.2) is 72.2 Å². The van der Waals surface area contributed by atoms with Crippen LogP contribution in [0.25, 0.3) is 0 Å². The first kappa shape index (κ1) is 25.3. The van der Waals surface area contributed by atoms with Crippen molar-refractivity contribution in [3.8, 4) is 0 Å². The molecule has 0 spiro atoms. The molecular formula is C31H39N3O4. The Morgan fingerprint density at radius 3 is 2.50 bits per heavy atom. The van der Waals surface area contributed by atoms with Crippen LogP contribution in [0.3, 0.4) is 0 Å². The Balaban J connectivity index is 1.07. The van der Waals surface area contributed by atoms with E-state index in [9.17, 15) is 9.90 Å². The van der Waals surface area contributed by atoms with Crippen molar-refractivity contribution in [2.45, 2.75) is 63.5 Å². The molecule has 1 saturated heterocycles. The molecule has 3 heterocycles. The summed E-state index contributed by atoms with van der Waals surface area (Å²) in [5.41, 5.74) is 3.53. The number of benzene rings is 1. The number of hydrogen-bond donors (Lipinski definition) is 1. The van der Waals surface area contributed by atoms with E-state index >= 15 is 0 Å². The number of carbonyl (C=O) groups excluding carboxylic acids is 1. The molecule has 2 fully saturated rings. The lowest BCUT2D eigenvalue weighted by Gasteiger charge is -2.44. The van der Waals surface area contributed by atoms with Crippen molar-refractivity contribution < 1.29 is 19.4 Å². The van der Waals surface area contributed by atoms with E-state index in [1.807, 2.05) is 6.07 Å². The van der Waals surface area contributed by atoms with Crippen LogP contribution in [-0.4, -0.2) is 65.7 Å². The molecule has 38 heavy (non-hydrogen) atoms. The van der Waals surface area contributed by atoms with E-state index in [1.54, 1.807) is 12.5 Å². The number of ether oxygens (including phenoxy) is 2. The minimum atomic E-state index is -0.253. The number of rotatable bonds is 5. The van der Waals surface area contributed by atoms with Gasteiger partial charge in [0.1, 0.15) is 6.26 Å². The molecule has 0 bridgehead atoms. The molecule has 7 heteroatoms. The molecular weight excluding hydrogens is 478 g/mol. The standard InChI is InChI=1S/C31H39N3O4/c35-27-14-11-25(12-15-27)31(36)34-26(13-10-23-6-4-5-9-28(23)34)20-32-16-18-33(19-17-32)30-22-37-29(21-38-30)24-7-2-1-3-8-24/h1-2,4-7,9,21-22,25-27,35H,3,8,10-20H2. The Labute approximate surface area is 225 Å². The molecule has 1 saturated carbocycles. The topological polar surface area (TPSA) is 65.5 Å². The summed E-state index contributed by atoms with van der Waals surface area (Å²) in [5, 5.41) is 9.97. The quantitative estimate of drug-likeness (QED) is 0.622. The summed E-state index contributed by atoms with van der Waals surface area (Å²) in [7, 11) is 0. The van der Waals surface area contributed by atoms with Crippen molar-refractivity contribution in [3.05, 3.63) is 77.8 Å². The van der Waals surface area contributed by atoms with Gasteiger partial charge in [-0.1, -0.05) is 36.4 Å². The predicted molar refractivity (Wildman–Crippen MR) is 147 cm³/mol. The lowest BCUT2D eigenvalue weighted by atomic mass is 9.85. The number of hydrogen-bond acceptors (Lipinski definition) is 6. The maximum Gasteiger partial charge on any atom is 0.231 e. The lowest BCUT2D eigenvalue weighted by molar-refractivity contribution is -0.124. The van der Waals surface area contributed by atoms with Gasteiger partial charge in [0.25, 0.3) is 0 Å². The molecule has 1 atom stereocenters. The molecule has 5 aliphatic rings. The van der Waals surface area contributed by atoms with Gasteiger partial charge >= 0.3 is 0 Å². The van der Waals surface area contributed by atoms with Gasteiger partial charge in [0, 0.05) is 50.4 Å². The number of aliphatic hydroxyl groups excluding tert-OH is 1. The fraction of sp³-hybridized carbons (Fsp3) is 0.516. The van der Waals surface area contributed by atoms with Crippen LogP contribution >= 0.6 is 0 Å². The summed E-state index contributed by atoms with van der Waals surface area (Å²) in [5.74, 6) is 1.82.